The van der Waals surface area contributed by atoms with Crippen LogP contribution >= 0.6 is 0 Å². The number of esters is 1. The fourth-order valence-corrected chi connectivity index (χ4v) is 2.88. The van der Waals surface area contributed by atoms with E-state index in [4.69, 9.17) is 4.74 Å². The van der Waals surface area contributed by atoms with E-state index in [1.165, 1.54) is 5.57 Å². The van der Waals surface area contributed by atoms with E-state index in [-0.39, 0.29) is 11.9 Å². The number of hydrogen-bond donors (Lipinski definition) is 1. The number of carbonyl (C=O) groups excluding carboxylic acids is 1. The molecule has 0 bridgehead atoms. The summed E-state index contributed by atoms with van der Waals surface area (Å²) in [7, 11) is 4.10. The van der Waals surface area contributed by atoms with Crippen molar-refractivity contribution in [3.63, 3.8) is 0 Å². The molecule has 1 unspecified atom stereocenters. The van der Waals surface area contributed by atoms with Crippen LogP contribution in [-0.2, 0) is 9.53 Å². The van der Waals surface area contributed by atoms with E-state index in [1.807, 2.05) is 21.0 Å². The highest BCUT2D eigenvalue weighted by atomic mass is 16.5. The van der Waals surface area contributed by atoms with E-state index in [0.29, 0.717) is 19.0 Å². The first-order valence-corrected chi connectivity index (χ1v) is 9.31. The predicted molar refractivity (Wildman–Crippen MR) is 100 cm³/mol. The van der Waals surface area contributed by atoms with Crippen LogP contribution in [0.2, 0.25) is 0 Å². The molecule has 0 heterocycles. The highest BCUT2D eigenvalue weighted by Gasteiger charge is 2.24. The molecule has 1 fully saturated rings. The van der Waals surface area contributed by atoms with Gasteiger partial charge >= 0.3 is 5.97 Å². The Hall–Kier alpha value is -1.20. The van der Waals surface area contributed by atoms with Crippen LogP contribution in [0.25, 0.3) is 0 Å². The van der Waals surface area contributed by atoms with E-state index < -0.39 is 0 Å². The number of ether oxygens (including phenoxy) is 1. The summed E-state index contributed by atoms with van der Waals surface area (Å²) in [6, 6.07) is 0. The monoisotopic (exact) mass is 337 g/mol. The third-order valence-electron chi connectivity index (χ3n) is 4.40. The molecule has 24 heavy (non-hydrogen) atoms. The minimum atomic E-state index is -0.100. The van der Waals surface area contributed by atoms with Crippen LogP contribution in [0.3, 0.4) is 0 Å². The summed E-state index contributed by atoms with van der Waals surface area (Å²) in [5, 5.41) is 3.21. The van der Waals surface area contributed by atoms with Crippen LogP contribution < -0.4 is 5.32 Å². The van der Waals surface area contributed by atoms with Crippen molar-refractivity contribution in [1.29, 1.82) is 0 Å². The van der Waals surface area contributed by atoms with E-state index in [2.05, 4.69) is 28.2 Å². The normalized spacial score (nSPS) is 21.1. The SMILES string of the molecule is CC=C1CCCC(C(=O)OC(CNCC)=NCCCN(C)C)CC1. The summed E-state index contributed by atoms with van der Waals surface area (Å²) >= 11 is 0. The second-order valence-corrected chi connectivity index (χ2v) is 6.71. The number of aliphatic imine (C=N–C) groups is 1. The Morgan fingerprint density at radius 3 is 2.83 bits per heavy atom. The quantitative estimate of drug-likeness (QED) is 0.185. The number of nitrogens with zero attached hydrogens (tertiary/aromatic N) is 2. The fraction of sp³-hybridized carbons (Fsp3) is 0.789. The average Bonchev–Trinajstić information content (AvgIpc) is 2.81. The van der Waals surface area contributed by atoms with E-state index in [0.717, 1.165) is 51.6 Å². The molecular formula is C19H35N3O2. The number of likely N-dealkylation sites (N-methyl/N-ethyl adjacent to an activating group) is 1. The number of allylic oxidation sites excluding steroid dienone is 2. The van der Waals surface area contributed by atoms with Gasteiger partial charge in [-0.1, -0.05) is 18.6 Å². The zero-order chi connectivity index (χ0) is 17.8. The first kappa shape index (κ1) is 20.8. The van der Waals surface area contributed by atoms with Crippen LogP contribution in [0.15, 0.2) is 16.6 Å². The summed E-state index contributed by atoms with van der Waals surface area (Å²) < 4.78 is 5.64. The molecule has 5 nitrogen and oxygen atoms in total. The van der Waals surface area contributed by atoms with Gasteiger partial charge in [0.15, 0.2) is 0 Å². The molecule has 0 aromatic heterocycles. The zero-order valence-corrected chi connectivity index (χ0v) is 15.9. The van der Waals surface area contributed by atoms with E-state index >= 15 is 0 Å². The van der Waals surface area contributed by atoms with Gasteiger partial charge in [-0.15, -0.1) is 0 Å². The summed E-state index contributed by atoms with van der Waals surface area (Å²) in [4.78, 5) is 19.1. The molecule has 0 amide bonds. The second-order valence-electron chi connectivity index (χ2n) is 6.71. The molecule has 0 spiro atoms. The lowest BCUT2D eigenvalue weighted by atomic mass is 10.0. The van der Waals surface area contributed by atoms with Crippen LogP contribution in [0.4, 0.5) is 0 Å². The summed E-state index contributed by atoms with van der Waals surface area (Å²) in [6.45, 7) is 7.16. The Balaban J connectivity index is 2.54. The molecule has 0 aromatic rings. The molecule has 0 saturated heterocycles. The summed E-state index contributed by atoms with van der Waals surface area (Å²) in [5.41, 5.74) is 1.47. The van der Waals surface area contributed by atoms with Crippen molar-refractivity contribution in [3.8, 4) is 0 Å². The van der Waals surface area contributed by atoms with E-state index in [9.17, 15) is 4.79 Å². The van der Waals surface area contributed by atoms with Crippen LogP contribution in [0.5, 0.6) is 0 Å². The smallest absolute Gasteiger partial charge is 0.315 e. The molecule has 1 atom stereocenters. The van der Waals surface area contributed by atoms with Gasteiger partial charge in [0.2, 0.25) is 5.90 Å². The highest BCUT2D eigenvalue weighted by Crippen LogP contribution is 2.27. The number of hydrogen-bond acceptors (Lipinski definition) is 5. The molecular weight excluding hydrogens is 302 g/mol. The van der Waals surface area contributed by atoms with Crippen molar-refractivity contribution in [2.45, 2.75) is 52.4 Å². The summed E-state index contributed by atoms with van der Waals surface area (Å²) in [5.74, 6) is 0.448. The van der Waals surface area contributed by atoms with Crippen molar-refractivity contribution in [1.82, 2.24) is 10.2 Å². The standard InChI is InChI=1S/C19H35N3O2/c1-5-16-9-7-10-17(12-11-16)19(23)24-18(15-20-6-2)21-13-8-14-22(3)4/h5,17,20H,6-15H2,1-4H3. The highest BCUT2D eigenvalue weighted by molar-refractivity contribution is 5.91. The molecule has 138 valence electrons. The minimum Gasteiger partial charge on any atom is -0.410 e. The summed E-state index contributed by atoms with van der Waals surface area (Å²) in [6.07, 6.45) is 8.17. The van der Waals surface area contributed by atoms with Crippen molar-refractivity contribution >= 4 is 11.9 Å². The van der Waals surface area contributed by atoms with Gasteiger partial charge in [-0.05, 0) is 72.6 Å². The largest absolute Gasteiger partial charge is 0.410 e. The van der Waals surface area contributed by atoms with Crippen molar-refractivity contribution in [3.05, 3.63) is 11.6 Å². The van der Waals surface area contributed by atoms with Crippen molar-refractivity contribution in [2.24, 2.45) is 10.9 Å². The van der Waals surface area contributed by atoms with Gasteiger partial charge in [0.25, 0.3) is 0 Å². The van der Waals surface area contributed by atoms with E-state index in [1.54, 1.807) is 0 Å². The molecule has 1 rings (SSSR count). The predicted octanol–water partition coefficient (Wildman–Crippen LogP) is 3.02. The lowest BCUT2D eigenvalue weighted by molar-refractivity contribution is -0.140. The topological polar surface area (TPSA) is 53.9 Å². The second kappa shape index (κ2) is 12.2. The number of nitrogens with one attached hydrogen (secondary N) is 1. The van der Waals surface area contributed by atoms with Crippen molar-refractivity contribution < 1.29 is 9.53 Å². The lowest BCUT2D eigenvalue weighted by Gasteiger charge is -2.15. The maximum Gasteiger partial charge on any atom is 0.315 e. The molecule has 0 aliphatic heterocycles. The Morgan fingerprint density at radius 2 is 2.17 bits per heavy atom. The minimum absolute atomic E-state index is 0.0102. The molecule has 1 aliphatic carbocycles. The third-order valence-corrected chi connectivity index (χ3v) is 4.40. The third kappa shape index (κ3) is 8.60. The molecule has 5 heteroatoms. The van der Waals surface area contributed by atoms with Crippen LogP contribution in [0, 0.1) is 5.92 Å². The van der Waals surface area contributed by atoms with Gasteiger partial charge in [-0.25, -0.2) is 0 Å². The van der Waals surface area contributed by atoms with Crippen molar-refractivity contribution in [2.75, 3.05) is 40.3 Å². The Labute approximate surface area is 147 Å². The molecule has 1 N–H and O–H groups in total. The van der Waals surface area contributed by atoms with Crippen LogP contribution in [0.1, 0.15) is 52.4 Å². The molecule has 1 aliphatic rings. The Kier molecular flexibility index (Phi) is 10.6. The van der Waals surface area contributed by atoms with Crippen LogP contribution in [-0.4, -0.2) is 57.0 Å². The van der Waals surface area contributed by atoms with Gasteiger partial charge in [0.1, 0.15) is 0 Å². The van der Waals surface area contributed by atoms with Gasteiger partial charge < -0.3 is 15.0 Å². The average molecular weight is 338 g/mol. The maximum absolute atomic E-state index is 12.5. The molecule has 0 aromatic carbocycles. The number of rotatable bonds is 8. The lowest BCUT2D eigenvalue weighted by Crippen LogP contribution is -2.29. The van der Waals surface area contributed by atoms with Gasteiger partial charge in [0.05, 0.1) is 12.5 Å². The zero-order valence-electron chi connectivity index (χ0n) is 15.9. The molecule has 1 saturated carbocycles. The first-order chi connectivity index (χ1) is 11.6. The Bertz CT molecular complexity index is 430. The molecule has 0 radical (unpaired) electrons. The van der Waals surface area contributed by atoms with Gasteiger partial charge in [-0.2, -0.15) is 0 Å². The number of carbonyl (C=O) groups is 1. The van der Waals surface area contributed by atoms with Gasteiger partial charge in [0, 0.05) is 6.54 Å². The Morgan fingerprint density at radius 1 is 1.38 bits per heavy atom. The first-order valence-electron chi connectivity index (χ1n) is 9.31. The fourth-order valence-electron chi connectivity index (χ4n) is 2.88. The maximum atomic E-state index is 12.5. The van der Waals surface area contributed by atoms with Gasteiger partial charge in [-0.3, -0.25) is 9.79 Å².